The van der Waals surface area contributed by atoms with Crippen LogP contribution in [-0.2, 0) is 15.0 Å². The van der Waals surface area contributed by atoms with Gasteiger partial charge in [0.2, 0.25) is 0 Å². The van der Waals surface area contributed by atoms with Gasteiger partial charge in [0.05, 0.1) is 0 Å². The van der Waals surface area contributed by atoms with Crippen LogP contribution in [0.2, 0.25) is 0 Å². The molecule has 1 aliphatic rings. The number of hydrogen-bond donors (Lipinski definition) is 2. The largest absolute Gasteiger partial charge is 0.480 e. The number of nitrogens with zero attached hydrogens (tertiary/aromatic N) is 1. The highest BCUT2D eigenvalue weighted by Crippen LogP contribution is 2.18. The second-order valence-corrected chi connectivity index (χ2v) is 6.21. The van der Waals surface area contributed by atoms with Crippen molar-refractivity contribution >= 4 is 16.2 Å². The summed E-state index contributed by atoms with van der Waals surface area (Å²) in [5.74, 6) is -0.607. The molecular weight excluding hydrogens is 244 g/mol. The Bertz CT molecular complexity index is 361. The van der Waals surface area contributed by atoms with Crippen LogP contribution in [0.3, 0.4) is 0 Å². The number of carboxylic acids is 1. The average molecular weight is 264 g/mol. The Morgan fingerprint density at radius 2 is 2.00 bits per heavy atom. The summed E-state index contributed by atoms with van der Waals surface area (Å²) in [5, 5.41) is 8.83. The first kappa shape index (κ1) is 14.4. The van der Waals surface area contributed by atoms with Gasteiger partial charge in [0.15, 0.2) is 0 Å². The summed E-state index contributed by atoms with van der Waals surface area (Å²) < 4.78 is 27.4. The van der Waals surface area contributed by atoms with Crippen LogP contribution >= 0.6 is 0 Å². The van der Waals surface area contributed by atoms with E-state index in [2.05, 4.69) is 11.6 Å². The van der Waals surface area contributed by atoms with Gasteiger partial charge in [0, 0.05) is 13.1 Å². The Labute approximate surface area is 102 Å². The third kappa shape index (κ3) is 3.93. The van der Waals surface area contributed by atoms with Crippen LogP contribution in [0.4, 0.5) is 0 Å². The Hall–Kier alpha value is -0.660. The maximum absolute atomic E-state index is 11.9. The maximum atomic E-state index is 11.9. The zero-order valence-electron chi connectivity index (χ0n) is 10.2. The summed E-state index contributed by atoms with van der Waals surface area (Å²) in [4.78, 5) is 10.8. The molecule has 0 aliphatic carbocycles. The van der Waals surface area contributed by atoms with E-state index in [0.717, 1.165) is 12.8 Å². The Balaban J connectivity index is 2.65. The molecule has 1 fully saturated rings. The lowest BCUT2D eigenvalue weighted by molar-refractivity contribution is -0.139. The van der Waals surface area contributed by atoms with Gasteiger partial charge in [-0.3, -0.25) is 4.79 Å². The fraction of sp³-hybridized carbons (Fsp3) is 0.900. The first-order valence-electron chi connectivity index (χ1n) is 5.87. The van der Waals surface area contributed by atoms with Crippen LogP contribution in [0, 0.1) is 5.92 Å². The molecule has 1 saturated heterocycles. The molecule has 6 nitrogen and oxygen atoms in total. The van der Waals surface area contributed by atoms with E-state index in [1.54, 1.807) is 6.92 Å². The van der Waals surface area contributed by atoms with Gasteiger partial charge in [-0.05, 0) is 25.2 Å². The maximum Gasteiger partial charge on any atom is 0.321 e. The topological polar surface area (TPSA) is 86.7 Å². The van der Waals surface area contributed by atoms with E-state index < -0.39 is 22.2 Å². The molecule has 1 atom stereocenters. The Morgan fingerprint density at radius 3 is 2.41 bits per heavy atom. The third-order valence-electron chi connectivity index (χ3n) is 3.08. The minimum atomic E-state index is -3.66. The van der Waals surface area contributed by atoms with E-state index in [9.17, 15) is 13.2 Å². The van der Waals surface area contributed by atoms with E-state index in [-0.39, 0.29) is 6.42 Å². The van der Waals surface area contributed by atoms with Crippen LogP contribution in [0.25, 0.3) is 0 Å². The second kappa shape index (κ2) is 5.79. The lowest BCUT2D eigenvalue weighted by Gasteiger charge is -2.30. The van der Waals surface area contributed by atoms with Crippen LogP contribution in [0.1, 0.15) is 33.1 Å². The SMILES string of the molecule is CC[C@@H](NS(=O)(=O)N1CCC(C)CC1)C(=O)O. The molecule has 1 rings (SSSR count). The van der Waals surface area contributed by atoms with Crippen LogP contribution in [0.5, 0.6) is 0 Å². The van der Waals surface area contributed by atoms with Gasteiger partial charge in [-0.25, -0.2) is 0 Å². The molecule has 2 N–H and O–H groups in total. The average Bonchev–Trinajstić information content (AvgIpc) is 2.26. The molecule has 0 spiro atoms. The molecular formula is C10H20N2O4S. The molecule has 1 aliphatic heterocycles. The summed E-state index contributed by atoms with van der Waals surface area (Å²) >= 11 is 0. The van der Waals surface area contributed by atoms with E-state index in [4.69, 9.17) is 5.11 Å². The molecule has 0 amide bonds. The first-order valence-corrected chi connectivity index (χ1v) is 7.31. The van der Waals surface area contributed by atoms with Crippen molar-refractivity contribution in [2.24, 2.45) is 5.92 Å². The van der Waals surface area contributed by atoms with Crippen molar-refractivity contribution in [2.75, 3.05) is 13.1 Å². The summed E-state index contributed by atoms with van der Waals surface area (Å²) in [7, 11) is -3.66. The van der Waals surface area contributed by atoms with Crippen molar-refractivity contribution in [1.82, 2.24) is 9.03 Å². The van der Waals surface area contributed by atoms with Crippen molar-refractivity contribution in [3.05, 3.63) is 0 Å². The summed E-state index contributed by atoms with van der Waals surface area (Å²) in [6, 6.07) is -1.04. The minimum absolute atomic E-state index is 0.235. The third-order valence-corrected chi connectivity index (χ3v) is 4.71. The number of carboxylic acid groups (broad SMARTS) is 1. The molecule has 0 saturated carbocycles. The van der Waals surface area contributed by atoms with Crippen molar-refractivity contribution in [3.8, 4) is 0 Å². The standard InChI is InChI=1S/C10H20N2O4S/c1-3-9(10(13)14)11-17(15,16)12-6-4-8(2)5-7-12/h8-9,11H,3-7H2,1-2H3,(H,13,14)/t9-/m1/s1. The molecule has 0 bridgehead atoms. The number of nitrogens with one attached hydrogen (secondary N) is 1. The Kier molecular flexibility index (Phi) is 4.91. The fourth-order valence-electron chi connectivity index (χ4n) is 1.79. The molecule has 0 aromatic rings. The number of carbonyl (C=O) groups is 1. The van der Waals surface area contributed by atoms with Crippen LogP contribution < -0.4 is 4.72 Å². The summed E-state index contributed by atoms with van der Waals surface area (Å²) in [6.07, 6.45) is 1.88. The predicted octanol–water partition coefficient (Wildman–Crippen LogP) is 0.416. The predicted molar refractivity (Wildman–Crippen MR) is 63.7 cm³/mol. The number of rotatable bonds is 5. The van der Waals surface area contributed by atoms with Gasteiger partial charge in [-0.2, -0.15) is 17.4 Å². The van der Waals surface area contributed by atoms with E-state index in [1.807, 2.05) is 0 Å². The van der Waals surface area contributed by atoms with Crippen molar-refractivity contribution in [3.63, 3.8) is 0 Å². The number of hydrogen-bond acceptors (Lipinski definition) is 3. The Morgan fingerprint density at radius 1 is 1.47 bits per heavy atom. The quantitative estimate of drug-likeness (QED) is 0.753. The lowest BCUT2D eigenvalue weighted by Crippen LogP contribution is -2.50. The highest BCUT2D eigenvalue weighted by molar-refractivity contribution is 7.87. The van der Waals surface area contributed by atoms with Gasteiger partial charge < -0.3 is 5.11 Å². The lowest BCUT2D eigenvalue weighted by atomic mass is 10.0. The fourth-order valence-corrected chi connectivity index (χ4v) is 3.26. The first-order chi connectivity index (χ1) is 7.86. The van der Waals surface area contributed by atoms with Gasteiger partial charge in [0.1, 0.15) is 6.04 Å². The molecule has 17 heavy (non-hydrogen) atoms. The highest BCUT2D eigenvalue weighted by Gasteiger charge is 2.30. The number of piperidine rings is 1. The molecule has 0 unspecified atom stereocenters. The van der Waals surface area contributed by atoms with Gasteiger partial charge in [0.25, 0.3) is 10.2 Å². The van der Waals surface area contributed by atoms with Gasteiger partial charge in [-0.15, -0.1) is 0 Å². The summed E-state index contributed by atoms with van der Waals surface area (Å²) in [6.45, 7) is 4.65. The van der Waals surface area contributed by atoms with E-state index in [1.165, 1.54) is 4.31 Å². The second-order valence-electron chi connectivity index (χ2n) is 4.50. The molecule has 1 heterocycles. The van der Waals surface area contributed by atoms with Crippen LogP contribution in [0.15, 0.2) is 0 Å². The molecule has 0 aromatic heterocycles. The van der Waals surface area contributed by atoms with E-state index in [0.29, 0.717) is 19.0 Å². The number of aliphatic carboxylic acids is 1. The molecule has 0 radical (unpaired) electrons. The highest BCUT2D eigenvalue weighted by atomic mass is 32.2. The molecule has 7 heteroatoms. The normalized spacial score (nSPS) is 21.3. The van der Waals surface area contributed by atoms with Crippen LogP contribution in [-0.4, -0.2) is 42.9 Å². The zero-order chi connectivity index (χ0) is 13.1. The molecule has 0 aromatic carbocycles. The monoisotopic (exact) mass is 264 g/mol. The smallest absolute Gasteiger partial charge is 0.321 e. The molecule has 100 valence electrons. The van der Waals surface area contributed by atoms with Crippen molar-refractivity contribution in [1.29, 1.82) is 0 Å². The van der Waals surface area contributed by atoms with Gasteiger partial charge >= 0.3 is 5.97 Å². The van der Waals surface area contributed by atoms with Crippen molar-refractivity contribution < 1.29 is 18.3 Å². The van der Waals surface area contributed by atoms with Gasteiger partial charge in [-0.1, -0.05) is 13.8 Å². The van der Waals surface area contributed by atoms with E-state index >= 15 is 0 Å². The minimum Gasteiger partial charge on any atom is -0.480 e. The zero-order valence-corrected chi connectivity index (χ0v) is 11.0. The summed E-state index contributed by atoms with van der Waals surface area (Å²) in [5.41, 5.74) is 0. The van der Waals surface area contributed by atoms with Crippen molar-refractivity contribution in [2.45, 2.75) is 39.2 Å².